The van der Waals surface area contributed by atoms with Crippen LogP contribution in [-0.2, 0) is 14.3 Å². The highest BCUT2D eigenvalue weighted by Crippen LogP contribution is 2.26. The molecular weight excluding hydrogens is 276 g/mol. The minimum atomic E-state index is -0.384. The number of carbonyl (C=O) groups excluding carboxylic acids is 1. The molecule has 2 rings (SSSR count). The van der Waals surface area contributed by atoms with E-state index in [1.807, 2.05) is 11.0 Å². The van der Waals surface area contributed by atoms with E-state index in [0.717, 1.165) is 5.69 Å². The number of nitro groups is 1. The fraction of sp³-hybridized carbons (Fsp3) is 0.500. The van der Waals surface area contributed by atoms with Gasteiger partial charge in [-0.2, -0.15) is 0 Å². The number of morpholine rings is 1. The topological polar surface area (TPSA) is 81.9 Å². The van der Waals surface area contributed by atoms with Crippen LogP contribution in [0.15, 0.2) is 18.2 Å². The third kappa shape index (κ3) is 3.69. The van der Waals surface area contributed by atoms with Crippen molar-refractivity contribution in [2.75, 3.05) is 31.7 Å². The molecule has 0 aromatic heterocycles. The molecule has 0 N–H and O–H groups in total. The summed E-state index contributed by atoms with van der Waals surface area (Å²) < 4.78 is 10.2. The molecule has 1 unspecified atom stereocenters. The molecule has 0 saturated carbocycles. The lowest BCUT2D eigenvalue weighted by Gasteiger charge is -2.34. The Balaban J connectivity index is 2.12. The van der Waals surface area contributed by atoms with Crippen molar-refractivity contribution < 1.29 is 19.2 Å². The monoisotopic (exact) mass is 294 g/mol. The molecule has 1 fully saturated rings. The fourth-order valence-electron chi connectivity index (χ4n) is 2.34. The Labute approximate surface area is 122 Å². The van der Waals surface area contributed by atoms with Gasteiger partial charge in [0.1, 0.15) is 0 Å². The Bertz CT molecular complexity index is 546. The van der Waals surface area contributed by atoms with Crippen molar-refractivity contribution in [2.45, 2.75) is 19.4 Å². The van der Waals surface area contributed by atoms with Gasteiger partial charge in [0.05, 0.1) is 31.2 Å². The van der Waals surface area contributed by atoms with Gasteiger partial charge < -0.3 is 14.4 Å². The molecule has 0 bridgehead atoms. The van der Waals surface area contributed by atoms with E-state index < -0.39 is 0 Å². The van der Waals surface area contributed by atoms with Gasteiger partial charge in [-0.05, 0) is 13.0 Å². The van der Waals surface area contributed by atoms with E-state index in [-0.39, 0.29) is 29.1 Å². The molecule has 1 aliphatic heterocycles. The summed E-state index contributed by atoms with van der Waals surface area (Å²) in [4.78, 5) is 23.9. The number of aryl methyl sites for hydroxylation is 1. The quantitative estimate of drug-likeness (QED) is 0.477. The molecule has 1 aliphatic rings. The van der Waals surface area contributed by atoms with Crippen LogP contribution in [-0.4, -0.2) is 43.8 Å². The second-order valence-corrected chi connectivity index (χ2v) is 4.95. The van der Waals surface area contributed by atoms with Crippen LogP contribution in [0.3, 0.4) is 0 Å². The van der Waals surface area contributed by atoms with E-state index in [2.05, 4.69) is 4.74 Å². The van der Waals surface area contributed by atoms with Crippen LogP contribution in [0.25, 0.3) is 0 Å². The minimum absolute atomic E-state index is 0.100. The largest absolute Gasteiger partial charge is 0.469 e. The van der Waals surface area contributed by atoms with Gasteiger partial charge in [-0.1, -0.05) is 6.07 Å². The van der Waals surface area contributed by atoms with Crippen LogP contribution in [0.4, 0.5) is 11.4 Å². The predicted molar refractivity (Wildman–Crippen MR) is 76.4 cm³/mol. The fourth-order valence-corrected chi connectivity index (χ4v) is 2.34. The molecule has 1 saturated heterocycles. The van der Waals surface area contributed by atoms with Crippen molar-refractivity contribution in [1.29, 1.82) is 0 Å². The summed E-state index contributed by atoms with van der Waals surface area (Å²) >= 11 is 0. The van der Waals surface area contributed by atoms with Gasteiger partial charge in [-0.15, -0.1) is 0 Å². The highest BCUT2D eigenvalue weighted by atomic mass is 16.6. The standard InChI is InChI=1S/C14H18N2O5/c1-10-3-4-11(7-13(10)16(18)19)15-5-6-21-12(9-15)8-14(17)20-2/h3-4,7,12H,5-6,8-9H2,1-2H3. The van der Waals surface area contributed by atoms with Crippen LogP contribution in [0.5, 0.6) is 0 Å². The summed E-state index contributed by atoms with van der Waals surface area (Å²) in [6, 6.07) is 5.15. The van der Waals surface area contributed by atoms with Crippen molar-refractivity contribution in [1.82, 2.24) is 0 Å². The van der Waals surface area contributed by atoms with Crippen molar-refractivity contribution >= 4 is 17.3 Å². The molecule has 21 heavy (non-hydrogen) atoms. The van der Waals surface area contributed by atoms with Gasteiger partial charge in [0.25, 0.3) is 5.69 Å². The maximum absolute atomic E-state index is 11.3. The van der Waals surface area contributed by atoms with Crippen LogP contribution in [0, 0.1) is 17.0 Å². The number of benzene rings is 1. The predicted octanol–water partition coefficient (Wildman–Crippen LogP) is 1.67. The highest BCUT2D eigenvalue weighted by molar-refractivity contribution is 5.70. The maximum Gasteiger partial charge on any atom is 0.308 e. The minimum Gasteiger partial charge on any atom is -0.469 e. The van der Waals surface area contributed by atoms with Crippen LogP contribution in [0.1, 0.15) is 12.0 Å². The number of carbonyl (C=O) groups is 1. The zero-order valence-electron chi connectivity index (χ0n) is 12.1. The van der Waals surface area contributed by atoms with E-state index in [9.17, 15) is 14.9 Å². The second kappa shape index (κ2) is 6.53. The molecule has 1 heterocycles. The number of hydrogen-bond acceptors (Lipinski definition) is 6. The molecule has 0 aliphatic carbocycles. The molecule has 1 aromatic carbocycles. The van der Waals surface area contributed by atoms with Crippen molar-refractivity contribution in [3.05, 3.63) is 33.9 Å². The van der Waals surface area contributed by atoms with Crippen LogP contribution >= 0.6 is 0 Å². The molecular formula is C14H18N2O5. The Morgan fingerprint density at radius 1 is 1.57 bits per heavy atom. The van der Waals surface area contributed by atoms with Crippen molar-refractivity contribution in [3.63, 3.8) is 0 Å². The average molecular weight is 294 g/mol. The third-order valence-corrected chi connectivity index (χ3v) is 3.52. The smallest absolute Gasteiger partial charge is 0.308 e. The van der Waals surface area contributed by atoms with E-state index in [1.165, 1.54) is 7.11 Å². The zero-order valence-corrected chi connectivity index (χ0v) is 12.1. The number of anilines is 1. The first-order valence-electron chi connectivity index (χ1n) is 6.69. The van der Waals surface area contributed by atoms with Gasteiger partial charge in [-0.3, -0.25) is 14.9 Å². The summed E-state index contributed by atoms with van der Waals surface area (Å²) in [7, 11) is 1.34. The SMILES string of the molecule is COC(=O)CC1CN(c2ccc(C)c([N+](=O)[O-])c2)CCO1. The maximum atomic E-state index is 11.3. The lowest BCUT2D eigenvalue weighted by atomic mass is 10.1. The molecule has 1 aromatic rings. The molecule has 7 heteroatoms. The van der Waals surface area contributed by atoms with Gasteiger partial charge in [-0.25, -0.2) is 0 Å². The average Bonchev–Trinajstić information content (AvgIpc) is 2.47. The molecule has 7 nitrogen and oxygen atoms in total. The number of ether oxygens (including phenoxy) is 2. The number of esters is 1. The Morgan fingerprint density at radius 2 is 2.33 bits per heavy atom. The van der Waals surface area contributed by atoms with Crippen LogP contribution in [0.2, 0.25) is 0 Å². The second-order valence-electron chi connectivity index (χ2n) is 4.95. The number of nitro benzene ring substituents is 1. The van der Waals surface area contributed by atoms with Gasteiger partial charge in [0.2, 0.25) is 0 Å². The summed E-state index contributed by atoms with van der Waals surface area (Å²) in [5, 5.41) is 11.0. The number of hydrogen-bond donors (Lipinski definition) is 0. The first-order chi connectivity index (χ1) is 10.0. The third-order valence-electron chi connectivity index (χ3n) is 3.52. The Hall–Kier alpha value is -2.15. The summed E-state index contributed by atoms with van der Waals surface area (Å²) in [6.07, 6.45) is -0.0763. The van der Waals surface area contributed by atoms with E-state index in [0.29, 0.717) is 25.3 Å². The van der Waals surface area contributed by atoms with Gasteiger partial charge in [0, 0.05) is 30.4 Å². The normalized spacial score (nSPS) is 18.4. The van der Waals surface area contributed by atoms with Gasteiger partial charge in [0.15, 0.2) is 0 Å². The Morgan fingerprint density at radius 3 is 3.00 bits per heavy atom. The highest BCUT2D eigenvalue weighted by Gasteiger charge is 2.24. The molecule has 0 radical (unpaired) electrons. The molecule has 0 spiro atoms. The zero-order chi connectivity index (χ0) is 15.4. The first kappa shape index (κ1) is 15.2. The molecule has 1 atom stereocenters. The van der Waals surface area contributed by atoms with E-state index in [4.69, 9.17) is 4.74 Å². The lowest BCUT2D eigenvalue weighted by Crippen LogP contribution is -2.43. The number of rotatable bonds is 4. The first-order valence-corrected chi connectivity index (χ1v) is 6.69. The molecule has 114 valence electrons. The Kier molecular flexibility index (Phi) is 4.74. The van der Waals surface area contributed by atoms with Crippen LogP contribution < -0.4 is 4.90 Å². The number of methoxy groups -OCH3 is 1. The summed E-state index contributed by atoms with van der Waals surface area (Å²) in [5.74, 6) is -0.322. The van der Waals surface area contributed by atoms with E-state index >= 15 is 0 Å². The molecule has 0 amide bonds. The lowest BCUT2D eigenvalue weighted by molar-refractivity contribution is -0.385. The van der Waals surface area contributed by atoms with Gasteiger partial charge >= 0.3 is 5.97 Å². The number of nitrogens with zero attached hydrogens (tertiary/aromatic N) is 2. The van der Waals surface area contributed by atoms with E-state index in [1.54, 1.807) is 19.1 Å². The van der Waals surface area contributed by atoms with Crippen molar-refractivity contribution in [3.8, 4) is 0 Å². The summed E-state index contributed by atoms with van der Waals surface area (Å²) in [6.45, 7) is 3.33. The van der Waals surface area contributed by atoms with Crippen molar-refractivity contribution in [2.24, 2.45) is 0 Å². The summed E-state index contributed by atoms with van der Waals surface area (Å²) in [5.41, 5.74) is 1.50.